The first-order valence-corrected chi connectivity index (χ1v) is 8.46. The molecule has 2 aliphatic carbocycles. The zero-order chi connectivity index (χ0) is 16.9. The lowest BCUT2D eigenvalue weighted by atomic mass is 9.76. The van der Waals surface area contributed by atoms with Crippen molar-refractivity contribution in [1.82, 2.24) is 10.3 Å². The number of hydrogen-bond donors (Lipinski definition) is 0. The van der Waals surface area contributed by atoms with Gasteiger partial charge in [0.1, 0.15) is 11.5 Å². The molecule has 24 heavy (non-hydrogen) atoms. The molecule has 6 nitrogen and oxygen atoms in total. The summed E-state index contributed by atoms with van der Waals surface area (Å²) >= 11 is 0. The van der Waals surface area contributed by atoms with Crippen molar-refractivity contribution in [2.45, 2.75) is 58.8 Å². The number of ketones is 2. The highest BCUT2D eigenvalue weighted by Gasteiger charge is 2.36. The Hall–Kier alpha value is -2.24. The number of Topliss-reactive ketones (excluding diaryl/α,β-unsaturated/α-hetero) is 2. The molecule has 0 bridgehead atoms. The topological polar surface area (TPSA) is 86.2 Å². The van der Waals surface area contributed by atoms with Crippen molar-refractivity contribution in [3.05, 3.63) is 34.0 Å². The van der Waals surface area contributed by atoms with Gasteiger partial charge in [0.05, 0.1) is 22.5 Å². The number of carbonyl (C=O) groups is 2. The van der Waals surface area contributed by atoms with Crippen molar-refractivity contribution < 1.29 is 18.6 Å². The normalized spacial score (nSPS) is 19.2. The van der Waals surface area contributed by atoms with Crippen LogP contribution in [0.2, 0.25) is 0 Å². The van der Waals surface area contributed by atoms with Gasteiger partial charge in [-0.15, -0.1) is 0 Å². The summed E-state index contributed by atoms with van der Waals surface area (Å²) in [5.74, 6) is 1.48. The second kappa shape index (κ2) is 5.40. The van der Waals surface area contributed by atoms with E-state index in [1.807, 2.05) is 0 Å². The molecule has 0 spiro atoms. The molecule has 0 unspecified atom stereocenters. The highest BCUT2D eigenvalue weighted by molar-refractivity contribution is 6.00. The van der Waals surface area contributed by atoms with Gasteiger partial charge in [-0.25, -0.2) is 0 Å². The molecule has 126 valence electrons. The molecule has 6 heteroatoms. The molecule has 0 saturated heterocycles. The van der Waals surface area contributed by atoms with Gasteiger partial charge >= 0.3 is 0 Å². The van der Waals surface area contributed by atoms with Crippen LogP contribution in [0.1, 0.15) is 76.7 Å². The van der Waals surface area contributed by atoms with Crippen LogP contribution >= 0.6 is 0 Å². The predicted molar refractivity (Wildman–Crippen MR) is 84.1 cm³/mol. The molecular formula is C18H20N2O4. The Morgan fingerprint density at radius 3 is 2.62 bits per heavy atom. The summed E-state index contributed by atoms with van der Waals surface area (Å²) in [7, 11) is 0. The lowest BCUT2D eigenvalue weighted by Crippen LogP contribution is -2.26. The fourth-order valence-electron chi connectivity index (χ4n) is 3.78. The summed E-state index contributed by atoms with van der Waals surface area (Å²) in [6, 6.07) is 0. The summed E-state index contributed by atoms with van der Waals surface area (Å²) in [6.07, 6.45) is 4.41. The molecule has 0 amide bonds. The van der Waals surface area contributed by atoms with Crippen LogP contribution in [0.4, 0.5) is 0 Å². The maximum absolute atomic E-state index is 12.4. The van der Waals surface area contributed by atoms with Crippen molar-refractivity contribution in [1.29, 1.82) is 0 Å². The van der Waals surface area contributed by atoms with E-state index in [0.717, 1.165) is 25.0 Å². The van der Waals surface area contributed by atoms with Gasteiger partial charge in [-0.3, -0.25) is 9.59 Å². The van der Waals surface area contributed by atoms with Crippen molar-refractivity contribution in [2.24, 2.45) is 5.41 Å². The average molecular weight is 328 g/mol. The molecule has 2 aliphatic rings. The van der Waals surface area contributed by atoms with E-state index in [-0.39, 0.29) is 17.0 Å². The predicted octanol–water partition coefficient (Wildman–Crippen LogP) is 3.12. The van der Waals surface area contributed by atoms with Crippen LogP contribution in [0.3, 0.4) is 0 Å². The van der Waals surface area contributed by atoms with Crippen molar-refractivity contribution in [3.63, 3.8) is 0 Å². The molecule has 4 rings (SSSR count). The molecule has 0 saturated carbocycles. The SMILES string of the molecule is CC1(C)CC(=O)c2c(CCc3onc4c3C(=O)CCC4)noc2C1. The van der Waals surface area contributed by atoms with Gasteiger partial charge < -0.3 is 9.05 Å². The van der Waals surface area contributed by atoms with Gasteiger partial charge in [-0.05, 0) is 18.3 Å². The molecule has 0 radical (unpaired) electrons. The zero-order valence-electron chi connectivity index (χ0n) is 14.0. The van der Waals surface area contributed by atoms with E-state index in [9.17, 15) is 9.59 Å². The Kier molecular flexibility index (Phi) is 3.44. The van der Waals surface area contributed by atoms with Crippen LogP contribution in [0, 0.1) is 5.41 Å². The fourth-order valence-corrected chi connectivity index (χ4v) is 3.78. The fraction of sp³-hybridized carbons (Fsp3) is 0.556. The molecular weight excluding hydrogens is 308 g/mol. The van der Waals surface area contributed by atoms with Gasteiger partial charge in [-0.2, -0.15) is 0 Å². The molecule has 0 aromatic carbocycles. The molecule has 0 atom stereocenters. The lowest BCUT2D eigenvalue weighted by molar-refractivity contribution is 0.0900. The third-order valence-electron chi connectivity index (χ3n) is 4.91. The highest BCUT2D eigenvalue weighted by atomic mass is 16.5. The average Bonchev–Trinajstić information content (AvgIpc) is 3.08. The third kappa shape index (κ3) is 2.50. The van der Waals surface area contributed by atoms with E-state index in [4.69, 9.17) is 9.05 Å². The second-order valence-corrected chi connectivity index (χ2v) is 7.57. The summed E-state index contributed by atoms with van der Waals surface area (Å²) in [5.41, 5.74) is 2.62. The standard InChI is InChI=1S/C18H20N2O4/c1-18(2)8-13(22)17-11(20-24-15(17)9-18)6-7-14-16-10(19-23-14)4-3-5-12(16)21/h3-9H2,1-2H3. The molecule has 2 aromatic heterocycles. The van der Waals surface area contributed by atoms with Crippen LogP contribution in [0.15, 0.2) is 9.05 Å². The van der Waals surface area contributed by atoms with Crippen LogP contribution in [0.5, 0.6) is 0 Å². The van der Waals surface area contributed by atoms with Gasteiger partial charge in [0.15, 0.2) is 11.6 Å². The largest absolute Gasteiger partial charge is 0.360 e. The van der Waals surface area contributed by atoms with Gasteiger partial charge in [0.25, 0.3) is 0 Å². The van der Waals surface area contributed by atoms with Gasteiger partial charge in [-0.1, -0.05) is 24.2 Å². The van der Waals surface area contributed by atoms with Crippen molar-refractivity contribution in [3.8, 4) is 0 Å². The van der Waals surface area contributed by atoms with Crippen LogP contribution in [-0.4, -0.2) is 21.9 Å². The first-order chi connectivity index (χ1) is 11.4. The number of fused-ring (bicyclic) bond motifs is 2. The summed E-state index contributed by atoms with van der Waals surface area (Å²) in [5, 5.41) is 8.12. The highest BCUT2D eigenvalue weighted by Crippen LogP contribution is 2.36. The molecule has 0 N–H and O–H groups in total. The minimum Gasteiger partial charge on any atom is -0.360 e. The van der Waals surface area contributed by atoms with E-state index >= 15 is 0 Å². The Bertz CT molecular complexity index is 828. The number of nitrogens with zero attached hydrogens (tertiary/aromatic N) is 2. The van der Waals surface area contributed by atoms with E-state index in [0.29, 0.717) is 54.0 Å². The van der Waals surface area contributed by atoms with Crippen molar-refractivity contribution >= 4 is 11.6 Å². The first-order valence-electron chi connectivity index (χ1n) is 8.46. The summed E-state index contributed by atoms with van der Waals surface area (Å²) in [4.78, 5) is 24.5. The van der Waals surface area contributed by atoms with Crippen LogP contribution < -0.4 is 0 Å². The summed E-state index contributed by atoms with van der Waals surface area (Å²) < 4.78 is 10.8. The quantitative estimate of drug-likeness (QED) is 0.860. The second-order valence-electron chi connectivity index (χ2n) is 7.57. The van der Waals surface area contributed by atoms with E-state index < -0.39 is 0 Å². The minimum atomic E-state index is -0.0860. The van der Waals surface area contributed by atoms with E-state index in [1.54, 1.807) is 0 Å². The Labute approximate surface area is 139 Å². The van der Waals surface area contributed by atoms with E-state index in [1.165, 1.54) is 0 Å². The molecule has 2 heterocycles. The Balaban J connectivity index is 1.57. The molecule has 0 fully saturated rings. The maximum Gasteiger partial charge on any atom is 0.168 e. The maximum atomic E-state index is 12.4. The number of hydrogen-bond acceptors (Lipinski definition) is 6. The lowest BCUT2D eigenvalue weighted by Gasteiger charge is -2.26. The number of aryl methyl sites for hydroxylation is 3. The van der Waals surface area contributed by atoms with Crippen molar-refractivity contribution in [2.75, 3.05) is 0 Å². The number of rotatable bonds is 3. The molecule has 2 aromatic rings. The monoisotopic (exact) mass is 328 g/mol. The number of carbonyl (C=O) groups excluding carboxylic acids is 2. The zero-order valence-corrected chi connectivity index (χ0v) is 14.0. The third-order valence-corrected chi connectivity index (χ3v) is 4.91. The van der Waals surface area contributed by atoms with Crippen LogP contribution in [0.25, 0.3) is 0 Å². The number of aromatic nitrogens is 2. The minimum absolute atomic E-state index is 0.0860. The Morgan fingerprint density at radius 1 is 0.958 bits per heavy atom. The smallest absolute Gasteiger partial charge is 0.168 e. The van der Waals surface area contributed by atoms with Crippen LogP contribution in [-0.2, 0) is 25.7 Å². The van der Waals surface area contributed by atoms with Gasteiger partial charge in [0.2, 0.25) is 0 Å². The van der Waals surface area contributed by atoms with Gasteiger partial charge in [0, 0.05) is 32.1 Å². The Morgan fingerprint density at radius 2 is 1.79 bits per heavy atom. The van der Waals surface area contributed by atoms with E-state index in [2.05, 4.69) is 24.2 Å². The first kappa shape index (κ1) is 15.3. The molecule has 0 aliphatic heterocycles. The summed E-state index contributed by atoms with van der Waals surface area (Å²) in [6.45, 7) is 4.12.